The van der Waals surface area contributed by atoms with Crippen LogP contribution in [0.1, 0.15) is 38.5 Å². The lowest BCUT2D eigenvalue weighted by Crippen LogP contribution is -2.55. The molecule has 3 rings (SSSR count). The molecule has 0 spiro atoms. The van der Waals surface area contributed by atoms with E-state index in [1.807, 2.05) is 0 Å². The van der Waals surface area contributed by atoms with Crippen molar-refractivity contribution in [2.24, 2.45) is 0 Å². The first-order valence-electron chi connectivity index (χ1n) is 6.88. The zero-order valence-electron chi connectivity index (χ0n) is 10.3. The summed E-state index contributed by atoms with van der Waals surface area (Å²) >= 11 is 0. The lowest BCUT2D eigenvalue weighted by molar-refractivity contribution is 0.0452. The number of fused-ring (bicyclic) bond motifs is 2. The Labute approximate surface area is 98.5 Å². The van der Waals surface area contributed by atoms with Crippen LogP contribution in [0.5, 0.6) is 0 Å². The predicted molar refractivity (Wildman–Crippen MR) is 64.6 cm³/mol. The molecular weight excluding hydrogens is 200 g/mol. The molecule has 3 fully saturated rings. The first-order valence-corrected chi connectivity index (χ1v) is 6.88. The van der Waals surface area contributed by atoms with E-state index in [9.17, 15) is 0 Å². The first-order chi connectivity index (χ1) is 7.83. The summed E-state index contributed by atoms with van der Waals surface area (Å²) < 4.78 is 5.44. The van der Waals surface area contributed by atoms with Crippen molar-refractivity contribution in [2.75, 3.05) is 20.3 Å². The van der Waals surface area contributed by atoms with Gasteiger partial charge in [0.2, 0.25) is 0 Å². The van der Waals surface area contributed by atoms with E-state index in [0.29, 0.717) is 6.04 Å². The van der Waals surface area contributed by atoms with Crippen molar-refractivity contribution in [3.8, 4) is 0 Å². The highest BCUT2D eigenvalue weighted by atomic mass is 16.5. The Morgan fingerprint density at radius 2 is 1.81 bits per heavy atom. The molecule has 1 N–H and O–H groups in total. The van der Waals surface area contributed by atoms with Gasteiger partial charge in [-0.25, -0.2) is 0 Å². The molecule has 0 amide bonds. The van der Waals surface area contributed by atoms with E-state index in [2.05, 4.69) is 17.3 Å². The molecule has 2 bridgehead atoms. The number of nitrogens with zero attached hydrogens (tertiary/aromatic N) is 1. The Balaban J connectivity index is 1.57. The fourth-order valence-electron chi connectivity index (χ4n) is 3.75. The fraction of sp³-hybridized carbons (Fsp3) is 1.00. The minimum atomic E-state index is 0.633. The van der Waals surface area contributed by atoms with Crippen molar-refractivity contribution in [3.63, 3.8) is 0 Å². The minimum Gasteiger partial charge on any atom is -0.380 e. The van der Waals surface area contributed by atoms with Gasteiger partial charge in [-0.05, 0) is 39.2 Å². The summed E-state index contributed by atoms with van der Waals surface area (Å²) in [6.45, 7) is 1.89. The van der Waals surface area contributed by atoms with Crippen LogP contribution in [-0.4, -0.2) is 49.3 Å². The predicted octanol–water partition coefficient (Wildman–Crippen LogP) is 1.38. The third-order valence-corrected chi connectivity index (χ3v) is 4.74. The van der Waals surface area contributed by atoms with Gasteiger partial charge in [0, 0.05) is 30.8 Å². The standard InChI is InChI=1S/C13H24N2O/c1-15-12-3-2-4-13(15)8-11(7-12)14-10-5-6-16-9-10/h10-14H,2-9H2,1H3. The van der Waals surface area contributed by atoms with Crippen molar-refractivity contribution in [2.45, 2.75) is 62.7 Å². The second kappa shape index (κ2) is 4.63. The lowest BCUT2D eigenvalue weighted by atomic mass is 9.82. The van der Waals surface area contributed by atoms with Crippen LogP contribution in [0.3, 0.4) is 0 Å². The van der Waals surface area contributed by atoms with E-state index in [-0.39, 0.29) is 0 Å². The normalized spacial score (nSPS) is 44.8. The highest BCUT2D eigenvalue weighted by Crippen LogP contribution is 2.32. The largest absolute Gasteiger partial charge is 0.380 e. The Morgan fingerprint density at radius 3 is 2.44 bits per heavy atom. The smallest absolute Gasteiger partial charge is 0.0620 e. The van der Waals surface area contributed by atoms with Crippen LogP contribution in [0.15, 0.2) is 0 Å². The number of hydrogen-bond donors (Lipinski definition) is 1. The molecule has 0 aromatic carbocycles. The van der Waals surface area contributed by atoms with Gasteiger partial charge in [0.1, 0.15) is 0 Å². The summed E-state index contributed by atoms with van der Waals surface area (Å²) in [7, 11) is 2.32. The monoisotopic (exact) mass is 224 g/mol. The van der Waals surface area contributed by atoms with Crippen LogP contribution in [0.2, 0.25) is 0 Å². The summed E-state index contributed by atoms with van der Waals surface area (Å²) in [5, 5.41) is 3.82. The third-order valence-electron chi connectivity index (χ3n) is 4.74. The van der Waals surface area contributed by atoms with E-state index in [1.165, 1.54) is 38.5 Å². The van der Waals surface area contributed by atoms with Crippen LogP contribution < -0.4 is 5.32 Å². The lowest BCUT2D eigenvalue weighted by Gasteiger charge is -2.47. The highest BCUT2D eigenvalue weighted by molar-refractivity contribution is 4.94. The van der Waals surface area contributed by atoms with E-state index in [1.54, 1.807) is 0 Å². The molecule has 16 heavy (non-hydrogen) atoms. The Hall–Kier alpha value is -0.120. The Morgan fingerprint density at radius 1 is 1.06 bits per heavy atom. The number of rotatable bonds is 2. The van der Waals surface area contributed by atoms with Gasteiger partial charge in [-0.3, -0.25) is 0 Å². The van der Waals surface area contributed by atoms with Crippen LogP contribution in [0.4, 0.5) is 0 Å². The molecule has 3 heteroatoms. The molecule has 3 aliphatic rings. The number of piperidine rings is 2. The summed E-state index contributed by atoms with van der Waals surface area (Å²) in [4.78, 5) is 2.63. The second-order valence-corrected chi connectivity index (χ2v) is 5.80. The summed E-state index contributed by atoms with van der Waals surface area (Å²) in [6, 6.07) is 3.06. The van der Waals surface area contributed by atoms with E-state index in [0.717, 1.165) is 31.3 Å². The van der Waals surface area contributed by atoms with Crippen molar-refractivity contribution in [1.29, 1.82) is 0 Å². The Bertz CT molecular complexity index is 223. The zero-order chi connectivity index (χ0) is 11.0. The van der Waals surface area contributed by atoms with Crippen LogP contribution in [0.25, 0.3) is 0 Å². The summed E-state index contributed by atoms with van der Waals surface area (Å²) in [6.07, 6.45) is 8.17. The molecule has 3 unspecified atom stereocenters. The molecule has 0 aromatic heterocycles. The van der Waals surface area contributed by atoms with Gasteiger partial charge in [-0.1, -0.05) is 6.42 Å². The highest BCUT2D eigenvalue weighted by Gasteiger charge is 2.36. The van der Waals surface area contributed by atoms with Crippen molar-refractivity contribution in [1.82, 2.24) is 10.2 Å². The molecule has 3 nitrogen and oxygen atoms in total. The number of ether oxygens (including phenoxy) is 1. The van der Waals surface area contributed by atoms with E-state index >= 15 is 0 Å². The Kier molecular flexibility index (Phi) is 3.18. The van der Waals surface area contributed by atoms with Gasteiger partial charge >= 0.3 is 0 Å². The molecule has 0 aliphatic carbocycles. The van der Waals surface area contributed by atoms with Crippen LogP contribution >= 0.6 is 0 Å². The van der Waals surface area contributed by atoms with Gasteiger partial charge in [0.15, 0.2) is 0 Å². The van der Waals surface area contributed by atoms with E-state index < -0.39 is 0 Å². The molecule has 0 saturated carbocycles. The summed E-state index contributed by atoms with van der Waals surface area (Å²) in [5.41, 5.74) is 0. The zero-order valence-corrected chi connectivity index (χ0v) is 10.3. The average molecular weight is 224 g/mol. The number of nitrogens with one attached hydrogen (secondary N) is 1. The van der Waals surface area contributed by atoms with Crippen LogP contribution in [-0.2, 0) is 4.74 Å². The van der Waals surface area contributed by atoms with Crippen LogP contribution in [0, 0.1) is 0 Å². The van der Waals surface area contributed by atoms with Gasteiger partial charge in [0.25, 0.3) is 0 Å². The number of hydrogen-bond acceptors (Lipinski definition) is 3. The van der Waals surface area contributed by atoms with Crippen molar-refractivity contribution in [3.05, 3.63) is 0 Å². The maximum Gasteiger partial charge on any atom is 0.0620 e. The minimum absolute atomic E-state index is 0.633. The SMILES string of the molecule is CN1C2CCCC1CC(NC1CCOC1)C2. The molecular formula is C13H24N2O. The van der Waals surface area contributed by atoms with Gasteiger partial charge < -0.3 is 15.0 Å². The van der Waals surface area contributed by atoms with Gasteiger partial charge in [0.05, 0.1) is 6.61 Å². The third kappa shape index (κ3) is 2.13. The molecule has 92 valence electrons. The second-order valence-electron chi connectivity index (χ2n) is 5.80. The fourth-order valence-corrected chi connectivity index (χ4v) is 3.75. The maximum absolute atomic E-state index is 5.44. The molecule has 3 atom stereocenters. The van der Waals surface area contributed by atoms with E-state index in [4.69, 9.17) is 4.74 Å². The molecule has 3 aliphatic heterocycles. The molecule has 3 heterocycles. The maximum atomic E-state index is 5.44. The topological polar surface area (TPSA) is 24.5 Å². The van der Waals surface area contributed by atoms with Gasteiger partial charge in [-0.15, -0.1) is 0 Å². The first kappa shape index (κ1) is 11.0. The molecule has 3 saturated heterocycles. The molecule has 0 radical (unpaired) electrons. The molecule has 0 aromatic rings. The summed E-state index contributed by atoms with van der Waals surface area (Å²) in [5.74, 6) is 0. The van der Waals surface area contributed by atoms with Gasteiger partial charge in [-0.2, -0.15) is 0 Å². The van der Waals surface area contributed by atoms with Crippen molar-refractivity contribution >= 4 is 0 Å². The van der Waals surface area contributed by atoms with Crippen molar-refractivity contribution < 1.29 is 4.74 Å². The average Bonchev–Trinajstić information content (AvgIpc) is 2.72. The quantitative estimate of drug-likeness (QED) is 0.767.